The van der Waals surface area contributed by atoms with Crippen LogP contribution in [0.25, 0.3) is 0 Å². The minimum absolute atomic E-state index is 0.294. The Labute approximate surface area is 112 Å². The summed E-state index contributed by atoms with van der Waals surface area (Å²) in [6, 6.07) is 1.33. The Morgan fingerprint density at radius 3 is 1.38 bits per heavy atom. The zero-order chi connectivity index (χ0) is 16.6. The standard InChI is InChI=1S/C11H7F9O/c12-9(13,14)6-3-1-5(2-4-6)7(21)8(10(15,16)17)11(18,19)20/h1-4,7-8,21H. The first-order valence-electron chi connectivity index (χ1n) is 5.23. The van der Waals surface area contributed by atoms with Crippen LogP contribution in [0, 0.1) is 5.92 Å². The smallest absolute Gasteiger partial charge is 0.387 e. The molecule has 0 aliphatic carbocycles. The van der Waals surface area contributed by atoms with Crippen LogP contribution in [-0.2, 0) is 6.18 Å². The van der Waals surface area contributed by atoms with Gasteiger partial charge in [-0.15, -0.1) is 0 Å². The second-order valence-electron chi connectivity index (χ2n) is 4.13. The first-order valence-corrected chi connectivity index (χ1v) is 5.23. The van der Waals surface area contributed by atoms with E-state index in [0.717, 1.165) is 0 Å². The van der Waals surface area contributed by atoms with E-state index in [4.69, 9.17) is 0 Å². The summed E-state index contributed by atoms with van der Waals surface area (Å²) in [5.41, 5.74) is -2.17. The molecule has 0 bridgehead atoms. The molecular formula is C11H7F9O. The molecule has 1 N–H and O–H groups in total. The number of halogens is 9. The van der Waals surface area contributed by atoms with Gasteiger partial charge in [0.15, 0.2) is 5.92 Å². The Kier molecular flexibility index (Phi) is 4.52. The summed E-state index contributed by atoms with van der Waals surface area (Å²) in [6.07, 6.45) is -19.4. The molecule has 0 aliphatic rings. The van der Waals surface area contributed by atoms with Crippen molar-refractivity contribution in [2.45, 2.75) is 24.6 Å². The fourth-order valence-corrected chi connectivity index (χ4v) is 1.61. The normalized spacial score (nSPS) is 15.4. The summed E-state index contributed by atoms with van der Waals surface area (Å²) < 4.78 is 111. The molecule has 1 nitrogen and oxygen atoms in total. The molecule has 1 atom stereocenters. The van der Waals surface area contributed by atoms with Gasteiger partial charge in [0.05, 0.1) is 11.7 Å². The number of aliphatic hydroxyl groups is 1. The number of rotatable bonds is 2. The summed E-state index contributed by atoms with van der Waals surface area (Å²) in [4.78, 5) is 0. The number of benzene rings is 1. The number of hydrogen-bond acceptors (Lipinski definition) is 1. The van der Waals surface area contributed by atoms with Crippen molar-refractivity contribution in [2.75, 3.05) is 0 Å². The van der Waals surface area contributed by atoms with Crippen LogP contribution in [0.1, 0.15) is 17.2 Å². The SMILES string of the molecule is OC(c1ccc(C(F)(F)F)cc1)C(C(F)(F)F)C(F)(F)F. The van der Waals surface area contributed by atoms with Crippen LogP contribution in [-0.4, -0.2) is 17.5 Å². The number of aliphatic hydroxyl groups excluding tert-OH is 1. The van der Waals surface area contributed by atoms with Crippen LogP contribution in [0.15, 0.2) is 24.3 Å². The topological polar surface area (TPSA) is 20.2 Å². The van der Waals surface area contributed by atoms with Crippen LogP contribution in [0.5, 0.6) is 0 Å². The van der Waals surface area contributed by atoms with Crippen molar-refractivity contribution in [1.82, 2.24) is 0 Å². The van der Waals surface area contributed by atoms with Gasteiger partial charge in [-0.05, 0) is 17.7 Å². The van der Waals surface area contributed by atoms with Gasteiger partial charge >= 0.3 is 18.5 Å². The first-order chi connectivity index (χ1) is 9.24. The molecule has 0 saturated carbocycles. The summed E-state index contributed by atoms with van der Waals surface area (Å²) >= 11 is 0. The van der Waals surface area contributed by atoms with Crippen molar-refractivity contribution >= 4 is 0 Å². The van der Waals surface area contributed by atoms with E-state index in [-0.39, 0.29) is 0 Å². The molecule has 1 unspecified atom stereocenters. The highest BCUT2D eigenvalue weighted by Gasteiger charge is 2.60. The van der Waals surface area contributed by atoms with Crippen LogP contribution in [0.2, 0.25) is 0 Å². The maximum atomic E-state index is 12.4. The van der Waals surface area contributed by atoms with Crippen molar-refractivity contribution in [3.63, 3.8) is 0 Å². The Morgan fingerprint density at radius 2 is 1.10 bits per heavy atom. The van der Waals surface area contributed by atoms with E-state index in [2.05, 4.69) is 0 Å². The van der Waals surface area contributed by atoms with Crippen LogP contribution in [0.3, 0.4) is 0 Å². The van der Waals surface area contributed by atoms with Gasteiger partial charge in [0, 0.05) is 0 Å². The Hall–Kier alpha value is -1.45. The third-order valence-electron chi connectivity index (χ3n) is 2.60. The lowest BCUT2D eigenvalue weighted by Gasteiger charge is -2.27. The molecule has 1 rings (SSSR count). The summed E-state index contributed by atoms with van der Waals surface area (Å²) in [6.45, 7) is 0. The Balaban J connectivity index is 3.14. The average molecular weight is 326 g/mol. The largest absolute Gasteiger partial charge is 0.416 e. The minimum atomic E-state index is -5.79. The molecule has 0 aromatic heterocycles. The number of alkyl halides is 9. The second kappa shape index (κ2) is 5.39. The van der Waals surface area contributed by atoms with E-state index in [9.17, 15) is 44.6 Å². The predicted octanol–water partition coefficient (Wildman–Crippen LogP) is 4.48. The first kappa shape index (κ1) is 17.6. The van der Waals surface area contributed by atoms with Crippen molar-refractivity contribution in [3.05, 3.63) is 35.4 Å². The third kappa shape index (κ3) is 4.26. The predicted molar refractivity (Wildman–Crippen MR) is 52.0 cm³/mol. The van der Waals surface area contributed by atoms with E-state index in [1.807, 2.05) is 0 Å². The molecule has 10 heteroatoms. The summed E-state index contributed by atoms with van der Waals surface area (Å²) in [7, 11) is 0. The van der Waals surface area contributed by atoms with Gasteiger partial charge in [0.2, 0.25) is 0 Å². The zero-order valence-corrected chi connectivity index (χ0v) is 9.81. The maximum Gasteiger partial charge on any atom is 0.416 e. The quantitative estimate of drug-likeness (QED) is 0.795. The molecule has 0 saturated heterocycles. The highest BCUT2D eigenvalue weighted by molar-refractivity contribution is 5.26. The molecule has 0 fully saturated rings. The summed E-state index contributed by atoms with van der Waals surface area (Å²) in [5.74, 6) is -4.08. The molecule has 0 amide bonds. The van der Waals surface area contributed by atoms with Gasteiger partial charge in [0.1, 0.15) is 0 Å². The van der Waals surface area contributed by atoms with Crippen LogP contribution >= 0.6 is 0 Å². The number of hydrogen-bond donors (Lipinski definition) is 1. The fourth-order valence-electron chi connectivity index (χ4n) is 1.61. The van der Waals surface area contributed by atoms with Crippen LogP contribution < -0.4 is 0 Å². The fraction of sp³-hybridized carbons (Fsp3) is 0.455. The van der Waals surface area contributed by atoms with E-state index in [1.54, 1.807) is 0 Å². The molecule has 1 aromatic carbocycles. The van der Waals surface area contributed by atoms with Gasteiger partial charge in [-0.1, -0.05) is 12.1 Å². The van der Waals surface area contributed by atoms with Gasteiger partial charge in [-0.25, -0.2) is 0 Å². The van der Waals surface area contributed by atoms with E-state index >= 15 is 0 Å². The van der Waals surface area contributed by atoms with Gasteiger partial charge in [-0.2, -0.15) is 39.5 Å². The van der Waals surface area contributed by atoms with Gasteiger partial charge in [0.25, 0.3) is 0 Å². The maximum absolute atomic E-state index is 12.4. The summed E-state index contributed by atoms with van der Waals surface area (Å²) in [5, 5.41) is 9.22. The highest BCUT2D eigenvalue weighted by atomic mass is 19.4. The van der Waals surface area contributed by atoms with Crippen molar-refractivity contribution in [3.8, 4) is 0 Å². The van der Waals surface area contributed by atoms with Gasteiger partial charge < -0.3 is 5.11 Å². The van der Waals surface area contributed by atoms with E-state index < -0.39 is 41.7 Å². The Morgan fingerprint density at radius 1 is 0.714 bits per heavy atom. The van der Waals surface area contributed by atoms with Crippen molar-refractivity contribution in [1.29, 1.82) is 0 Å². The van der Waals surface area contributed by atoms with Gasteiger partial charge in [-0.3, -0.25) is 0 Å². The molecule has 0 radical (unpaired) electrons. The lowest BCUT2D eigenvalue weighted by Crippen LogP contribution is -2.40. The Bertz CT molecular complexity index is 454. The van der Waals surface area contributed by atoms with Crippen LogP contribution in [0.4, 0.5) is 39.5 Å². The van der Waals surface area contributed by atoms with E-state index in [1.165, 1.54) is 0 Å². The molecular weight excluding hydrogens is 319 g/mol. The lowest BCUT2D eigenvalue weighted by molar-refractivity contribution is -0.307. The molecule has 1 aromatic rings. The average Bonchev–Trinajstić information content (AvgIpc) is 2.24. The van der Waals surface area contributed by atoms with E-state index in [0.29, 0.717) is 24.3 Å². The highest BCUT2D eigenvalue weighted by Crippen LogP contribution is 2.46. The zero-order valence-electron chi connectivity index (χ0n) is 9.81. The molecule has 21 heavy (non-hydrogen) atoms. The molecule has 0 heterocycles. The monoisotopic (exact) mass is 326 g/mol. The lowest BCUT2D eigenvalue weighted by atomic mass is 9.94. The molecule has 0 aliphatic heterocycles. The minimum Gasteiger partial charge on any atom is -0.387 e. The van der Waals surface area contributed by atoms with Crippen molar-refractivity contribution in [2.24, 2.45) is 5.92 Å². The molecule has 120 valence electrons. The third-order valence-corrected chi connectivity index (χ3v) is 2.60. The molecule has 0 spiro atoms. The second-order valence-corrected chi connectivity index (χ2v) is 4.13. The van der Waals surface area contributed by atoms with Crippen molar-refractivity contribution < 1.29 is 44.6 Å².